The highest BCUT2D eigenvalue weighted by atomic mass is 19.1. The SMILES string of the molecule is O=C(Cn1ccc([N+](=O)[O-])n1)NCC1(c2ccc(F)cc2)CCCC1. The van der Waals surface area contributed by atoms with Crippen LogP contribution in [0.2, 0.25) is 0 Å². The fourth-order valence-corrected chi connectivity index (χ4v) is 3.43. The van der Waals surface area contributed by atoms with E-state index in [2.05, 4.69) is 10.4 Å². The molecular weight excluding hydrogens is 327 g/mol. The Morgan fingerprint density at radius 2 is 1.96 bits per heavy atom. The lowest BCUT2D eigenvalue weighted by Crippen LogP contribution is -2.40. The molecule has 1 fully saturated rings. The third-order valence-corrected chi connectivity index (χ3v) is 4.76. The van der Waals surface area contributed by atoms with Crippen molar-refractivity contribution in [3.8, 4) is 0 Å². The molecule has 132 valence electrons. The summed E-state index contributed by atoms with van der Waals surface area (Å²) in [6.07, 6.45) is 5.42. The van der Waals surface area contributed by atoms with Crippen LogP contribution in [-0.4, -0.2) is 27.2 Å². The number of carbonyl (C=O) groups is 1. The maximum Gasteiger partial charge on any atom is 0.389 e. The Morgan fingerprint density at radius 1 is 1.28 bits per heavy atom. The van der Waals surface area contributed by atoms with Gasteiger partial charge in [-0.2, -0.15) is 4.68 Å². The van der Waals surface area contributed by atoms with Gasteiger partial charge in [-0.25, -0.2) is 4.39 Å². The van der Waals surface area contributed by atoms with Crippen molar-refractivity contribution >= 4 is 11.7 Å². The Balaban J connectivity index is 1.64. The van der Waals surface area contributed by atoms with E-state index in [-0.39, 0.29) is 29.5 Å². The molecule has 1 N–H and O–H groups in total. The van der Waals surface area contributed by atoms with E-state index in [9.17, 15) is 19.3 Å². The highest BCUT2D eigenvalue weighted by molar-refractivity contribution is 5.75. The number of nitrogens with one attached hydrogen (secondary N) is 1. The third-order valence-electron chi connectivity index (χ3n) is 4.76. The van der Waals surface area contributed by atoms with Gasteiger partial charge in [-0.3, -0.25) is 4.79 Å². The van der Waals surface area contributed by atoms with Gasteiger partial charge in [-0.05, 0) is 35.5 Å². The van der Waals surface area contributed by atoms with Crippen LogP contribution in [0.15, 0.2) is 36.5 Å². The fraction of sp³-hybridized carbons (Fsp3) is 0.412. The molecule has 1 aliphatic carbocycles. The number of amides is 1. The van der Waals surface area contributed by atoms with Crippen LogP contribution >= 0.6 is 0 Å². The Hall–Kier alpha value is -2.77. The second-order valence-electron chi connectivity index (χ2n) is 6.40. The van der Waals surface area contributed by atoms with Crippen molar-refractivity contribution in [3.63, 3.8) is 0 Å². The Kier molecular flexibility index (Phi) is 4.78. The molecule has 2 aromatic rings. The van der Waals surface area contributed by atoms with Gasteiger partial charge in [-0.1, -0.05) is 25.0 Å². The van der Waals surface area contributed by atoms with E-state index in [1.807, 2.05) is 0 Å². The average Bonchev–Trinajstić information content (AvgIpc) is 3.24. The van der Waals surface area contributed by atoms with Crippen molar-refractivity contribution in [2.24, 2.45) is 0 Å². The normalized spacial score (nSPS) is 15.9. The van der Waals surface area contributed by atoms with Crippen molar-refractivity contribution in [2.75, 3.05) is 6.54 Å². The van der Waals surface area contributed by atoms with Crippen LogP contribution in [-0.2, 0) is 16.8 Å². The van der Waals surface area contributed by atoms with Crippen molar-refractivity contribution in [1.82, 2.24) is 15.1 Å². The van der Waals surface area contributed by atoms with Crippen molar-refractivity contribution < 1.29 is 14.1 Å². The quantitative estimate of drug-likeness (QED) is 0.643. The lowest BCUT2D eigenvalue weighted by atomic mass is 9.79. The molecule has 0 saturated heterocycles. The first-order chi connectivity index (χ1) is 12.0. The van der Waals surface area contributed by atoms with Crippen LogP contribution in [0.5, 0.6) is 0 Å². The predicted molar refractivity (Wildman–Crippen MR) is 88.4 cm³/mol. The molecule has 25 heavy (non-hydrogen) atoms. The molecule has 0 aliphatic heterocycles. The van der Waals surface area contributed by atoms with Crippen LogP contribution in [0.4, 0.5) is 10.2 Å². The maximum absolute atomic E-state index is 13.2. The second-order valence-corrected chi connectivity index (χ2v) is 6.40. The average molecular weight is 346 g/mol. The van der Waals surface area contributed by atoms with Gasteiger partial charge in [0.15, 0.2) is 0 Å². The minimum absolute atomic E-state index is 0.0761. The number of hydrogen-bond acceptors (Lipinski definition) is 4. The summed E-state index contributed by atoms with van der Waals surface area (Å²) in [6, 6.07) is 7.71. The standard InChI is InChI=1S/C17H19FN4O3/c18-14-5-3-13(4-6-14)17(8-1-2-9-17)12-19-16(23)11-21-10-7-15(20-21)22(24)25/h3-7,10H,1-2,8-9,11-12H2,(H,19,23). The summed E-state index contributed by atoms with van der Waals surface area (Å²) in [5.74, 6) is -0.820. The summed E-state index contributed by atoms with van der Waals surface area (Å²) in [5, 5.41) is 17.3. The fourth-order valence-electron chi connectivity index (χ4n) is 3.43. The number of nitro groups is 1. The van der Waals surface area contributed by atoms with E-state index in [1.54, 1.807) is 12.1 Å². The number of halogens is 1. The van der Waals surface area contributed by atoms with Crippen LogP contribution in [0, 0.1) is 15.9 Å². The summed E-state index contributed by atoms with van der Waals surface area (Å²) in [4.78, 5) is 22.2. The zero-order valence-corrected chi connectivity index (χ0v) is 13.7. The Bertz CT molecular complexity index is 766. The number of aromatic nitrogens is 2. The molecule has 1 saturated carbocycles. The number of carbonyl (C=O) groups excluding carboxylic acids is 1. The second kappa shape index (κ2) is 7.00. The zero-order chi connectivity index (χ0) is 17.9. The largest absolute Gasteiger partial charge is 0.389 e. The van der Waals surface area contributed by atoms with E-state index in [1.165, 1.54) is 29.1 Å². The smallest absolute Gasteiger partial charge is 0.358 e. The van der Waals surface area contributed by atoms with Crippen LogP contribution < -0.4 is 5.32 Å². The molecule has 1 aliphatic rings. The summed E-state index contributed by atoms with van der Waals surface area (Å²) in [6.45, 7) is 0.383. The van der Waals surface area contributed by atoms with Gasteiger partial charge in [0.05, 0.1) is 17.4 Å². The van der Waals surface area contributed by atoms with E-state index in [0.29, 0.717) is 6.54 Å². The molecule has 3 rings (SSSR count). The lowest BCUT2D eigenvalue weighted by Gasteiger charge is -2.30. The van der Waals surface area contributed by atoms with E-state index >= 15 is 0 Å². The van der Waals surface area contributed by atoms with E-state index in [4.69, 9.17) is 0 Å². The van der Waals surface area contributed by atoms with Crippen molar-refractivity contribution in [3.05, 3.63) is 58.0 Å². The topological polar surface area (TPSA) is 90.1 Å². The molecule has 7 nitrogen and oxygen atoms in total. The minimum Gasteiger partial charge on any atom is -0.358 e. The number of benzene rings is 1. The molecule has 1 heterocycles. The first-order valence-corrected chi connectivity index (χ1v) is 8.19. The van der Waals surface area contributed by atoms with Gasteiger partial charge in [0.1, 0.15) is 12.4 Å². The van der Waals surface area contributed by atoms with Gasteiger partial charge < -0.3 is 15.4 Å². The summed E-state index contributed by atoms with van der Waals surface area (Å²) in [7, 11) is 0. The first-order valence-electron chi connectivity index (χ1n) is 8.19. The van der Waals surface area contributed by atoms with Gasteiger partial charge in [0.2, 0.25) is 5.91 Å². The summed E-state index contributed by atoms with van der Waals surface area (Å²) < 4.78 is 14.4. The molecule has 8 heteroatoms. The molecule has 0 bridgehead atoms. The number of nitrogens with zero attached hydrogens (tertiary/aromatic N) is 3. The molecule has 1 aromatic carbocycles. The molecule has 0 spiro atoms. The van der Waals surface area contributed by atoms with E-state index in [0.717, 1.165) is 31.2 Å². The number of hydrogen-bond donors (Lipinski definition) is 1. The molecular formula is C17H19FN4O3. The van der Waals surface area contributed by atoms with Gasteiger partial charge in [-0.15, -0.1) is 0 Å². The monoisotopic (exact) mass is 346 g/mol. The van der Waals surface area contributed by atoms with Crippen molar-refractivity contribution in [2.45, 2.75) is 37.6 Å². The zero-order valence-electron chi connectivity index (χ0n) is 13.7. The minimum atomic E-state index is -0.601. The predicted octanol–water partition coefficient (Wildman–Crippen LogP) is 2.56. The lowest BCUT2D eigenvalue weighted by molar-refractivity contribution is -0.389. The summed E-state index contributed by atoms with van der Waals surface area (Å²) in [5.41, 5.74) is 0.848. The van der Waals surface area contributed by atoms with Crippen LogP contribution in [0.3, 0.4) is 0 Å². The van der Waals surface area contributed by atoms with Crippen molar-refractivity contribution in [1.29, 1.82) is 0 Å². The highest BCUT2D eigenvalue weighted by Gasteiger charge is 2.36. The summed E-state index contributed by atoms with van der Waals surface area (Å²) >= 11 is 0. The first kappa shape index (κ1) is 17.1. The Labute approximate surface area is 144 Å². The van der Waals surface area contributed by atoms with Gasteiger partial charge >= 0.3 is 5.82 Å². The van der Waals surface area contributed by atoms with Crippen LogP contribution in [0.1, 0.15) is 31.2 Å². The molecule has 0 radical (unpaired) electrons. The third kappa shape index (κ3) is 3.84. The maximum atomic E-state index is 13.2. The molecule has 0 unspecified atom stereocenters. The Morgan fingerprint density at radius 3 is 2.56 bits per heavy atom. The highest BCUT2D eigenvalue weighted by Crippen LogP contribution is 2.40. The van der Waals surface area contributed by atoms with E-state index < -0.39 is 4.92 Å². The molecule has 1 aromatic heterocycles. The van der Waals surface area contributed by atoms with Crippen LogP contribution in [0.25, 0.3) is 0 Å². The number of rotatable bonds is 6. The molecule has 1 amide bonds. The van der Waals surface area contributed by atoms with Gasteiger partial charge in [0, 0.05) is 12.0 Å². The van der Waals surface area contributed by atoms with Gasteiger partial charge in [0.25, 0.3) is 0 Å². The molecule has 0 atom stereocenters.